The van der Waals surface area contributed by atoms with E-state index in [0.717, 1.165) is 19.6 Å². The third kappa shape index (κ3) is 3.54. The molecule has 1 aromatic carbocycles. The molecule has 2 aliphatic rings. The molecule has 1 atom stereocenters. The smallest absolute Gasteiger partial charge is 0.163 e. The van der Waals surface area contributed by atoms with Crippen LogP contribution in [-0.2, 0) is 6.54 Å². The van der Waals surface area contributed by atoms with Crippen molar-refractivity contribution in [3.8, 4) is 0 Å². The van der Waals surface area contributed by atoms with Crippen LogP contribution < -0.4 is 20.0 Å². The SMILES string of the molecule is CCN(CC)c1ccc2c(c1)C[NH2+]C[C@H]2[NH+]1CC[NH+](CC)CC1. The summed E-state index contributed by atoms with van der Waals surface area (Å²) in [6.07, 6.45) is 0. The Bertz CT molecular complexity index is 504. The number of nitrogens with one attached hydrogen (secondary N) is 2. The van der Waals surface area contributed by atoms with Crippen molar-refractivity contribution in [2.45, 2.75) is 33.4 Å². The summed E-state index contributed by atoms with van der Waals surface area (Å²) in [5.74, 6) is 0. The van der Waals surface area contributed by atoms with Gasteiger partial charge in [-0.2, -0.15) is 0 Å². The zero-order chi connectivity index (χ0) is 16.2. The summed E-state index contributed by atoms with van der Waals surface area (Å²) in [7, 11) is 0. The molecule has 0 aromatic heterocycles. The molecule has 128 valence electrons. The summed E-state index contributed by atoms with van der Waals surface area (Å²) in [5.41, 5.74) is 4.60. The number of rotatable bonds is 5. The number of anilines is 1. The van der Waals surface area contributed by atoms with Crippen molar-refractivity contribution < 1.29 is 15.1 Å². The van der Waals surface area contributed by atoms with Crippen molar-refractivity contribution >= 4 is 5.69 Å². The lowest BCUT2D eigenvalue weighted by Gasteiger charge is -2.36. The molecule has 0 unspecified atom stereocenters. The maximum atomic E-state index is 2.52. The summed E-state index contributed by atoms with van der Waals surface area (Å²) in [5, 5.41) is 2.52. The first-order chi connectivity index (χ1) is 11.3. The number of piperazine rings is 1. The third-order valence-electron chi connectivity index (χ3n) is 5.99. The van der Waals surface area contributed by atoms with Gasteiger partial charge in [-0.3, -0.25) is 0 Å². The van der Waals surface area contributed by atoms with Gasteiger partial charge in [0.1, 0.15) is 39.3 Å². The van der Waals surface area contributed by atoms with Crippen molar-refractivity contribution in [2.24, 2.45) is 0 Å². The molecule has 0 radical (unpaired) electrons. The molecule has 4 heteroatoms. The lowest BCUT2D eigenvalue weighted by atomic mass is 9.94. The highest BCUT2D eigenvalue weighted by atomic mass is 15.3. The van der Waals surface area contributed by atoms with Gasteiger partial charge in [-0.1, -0.05) is 6.07 Å². The van der Waals surface area contributed by atoms with Crippen LogP contribution in [0, 0.1) is 0 Å². The van der Waals surface area contributed by atoms with Gasteiger partial charge in [-0.05, 0) is 32.9 Å². The number of quaternary nitrogens is 3. The van der Waals surface area contributed by atoms with Crippen LogP contribution in [0.5, 0.6) is 0 Å². The van der Waals surface area contributed by atoms with Gasteiger partial charge in [0.05, 0.1) is 6.54 Å². The molecule has 4 nitrogen and oxygen atoms in total. The Morgan fingerprint density at radius 1 is 1.09 bits per heavy atom. The molecule has 0 amide bonds. The molecule has 2 aliphatic heterocycles. The number of hydrogen-bond donors (Lipinski definition) is 3. The van der Waals surface area contributed by atoms with Crippen LogP contribution in [0.3, 0.4) is 0 Å². The molecule has 1 fully saturated rings. The van der Waals surface area contributed by atoms with E-state index in [4.69, 9.17) is 0 Å². The van der Waals surface area contributed by atoms with E-state index in [-0.39, 0.29) is 0 Å². The maximum Gasteiger partial charge on any atom is 0.163 e. The predicted octanol–water partition coefficient (Wildman–Crippen LogP) is -1.55. The highest BCUT2D eigenvalue weighted by molar-refractivity contribution is 5.51. The molecule has 3 rings (SSSR count). The van der Waals surface area contributed by atoms with Gasteiger partial charge in [0.15, 0.2) is 6.04 Å². The molecule has 0 bridgehead atoms. The van der Waals surface area contributed by atoms with E-state index in [9.17, 15) is 0 Å². The second kappa shape index (κ2) is 7.65. The minimum atomic E-state index is 0.697. The molecule has 1 aromatic rings. The third-order valence-corrected chi connectivity index (χ3v) is 5.99. The average Bonchev–Trinajstić information content (AvgIpc) is 2.62. The molecule has 0 saturated carbocycles. The summed E-state index contributed by atoms with van der Waals surface area (Å²) in [6.45, 7) is 18.0. The minimum Gasteiger partial charge on any atom is -0.372 e. The Balaban J connectivity index is 1.77. The van der Waals surface area contributed by atoms with Crippen LogP contribution in [0.15, 0.2) is 18.2 Å². The van der Waals surface area contributed by atoms with Crippen LogP contribution in [0.2, 0.25) is 0 Å². The van der Waals surface area contributed by atoms with E-state index in [1.54, 1.807) is 16.0 Å². The molecule has 0 spiro atoms. The topological polar surface area (TPSA) is 28.7 Å². The van der Waals surface area contributed by atoms with E-state index in [1.807, 2.05) is 4.90 Å². The largest absolute Gasteiger partial charge is 0.372 e. The Labute approximate surface area is 141 Å². The van der Waals surface area contributed by atoms with E-state index < -0.39 is 0 Å². The monoisotopic (exact) mass is 319 g/mol. The van der Waals surface area contributed by atoms with Gasteiger partial charge in [0.2, 0.25) is 0 Å². The number of hydrogen-bond acceptors (Lipinski definition) is 1. The molecular weight excluding hydrogens is 284 g/mol. The van der Waals surface area contributed by atoms with Gasteiger partial charge in [-0.25, -0.2) is 0 Å². The van der Waals surface area contributed by atoms with Crippen LogP contribution in [0.4, 0.5) is 5.69 Å². The van der Waals surface area contributed by atoms with Crippen LogP contribution in [-0.4, -0.2) is 52.4 Å². The van der Waals surface area contributed by atoms with E-state index in [2.05, 4.69) is 49.2 Å². The molecule has 4 N–H and O–H groups in total. The fourth-order valence-electron chi connectivity index (χ4n) is 4.44. The van der Waals surface area contributed by atoms with Crippen molar-refractivity contribution in [3.05, 3.63) is 29.3 Å². The second-order valence-electron chi connectivity index (χ2n) is 7.10. The number of nitrogens with zero attached hydrogens (tertiary/aromatic N) is 1. The minimum absolute atomic E-state index is 0.697. The number of fused-ring (bicyclic) bond motifs is 1. The van der Waals surface area contributed by atoms with Crippen LogP contribution in [0.25, 0.3) is 0 Å². The van der Waals surface area contributed by atoms with E-state index >= 15 is 0 Å². The Kier molecular flexibility index (Phi) is 5.57. The molecule has 1 saturated heterocycles. The highest BCUT2D eigenvalue weighted by Gasteiger charge is 2.35. The number of nitrogens with two attached hydrogens (primary N) is 1. The maximum absolute atomic E-state index is 2.52. The first-order valence-electron chi connectivity index (χ1n) is 9.64. The number of likely N-dealkylation sites (N-methyl/N-ethyl adjacent to an activating group) is 1. The zero-order valence-corrected chi connectivity index (χ0v) is 15.2. The fourth-order valence-corrected chi connectivity index (χ4v) is 4.44. The molecule has 0 aliphatic carbocycles. The lowest BCUT2D eigenvalue weighted by Crippen LogP contribution is -3.28. The molecule has 2 heterocycles. The predicted molar refractivity (Wildman–Crippen MR) is 95.2 cm³/mol. The first kappa shape index (κ1) is 16.7. The Morgan fingerprint density at radius 3 is 2.48 bits per heavy atom. The van der Waals surface area contributed by atoms with Gasteiger partial charge in [0, 0.05) is 29.9 Å². The summed E-state index contributed by atoms with van der Waals surface area (Å²) < 4.78 is 0. The van der Waals surface area contributed by atoms with Crippen molar-refractivity contribution in [1.82, 2.24) is 0 Å². The average molecular weight is 320 g/mol. The van der Waals surface area contributed by atoms with E-state index in [0.29, 0.717) is 6.04 Å². The van der Waals surface area contributed by atoms with Crippen LogP contribution >= 0.6 is 0 Å². The highest BCUT2D eigenvalue weighted by Crippen LogP contribution is 2.24. The van der Waals surface area contributed by atoms with Crippen molar-refractivity contribution in [2.75, 3.05) is 57.3 Å². The summed E-state index contributed by atoms with van der Waals surface area (Å²) >= 11 is 0. The molecule has 23 heavy (non-hydrogen) atoms. The second-order valence-corrected chi connectivity index (χ2v) is 7.10. The number of benzene rings is 1. The lowest BCUT2D eigenvalue weighted by molar-refractivity contribution is -1.03. The standard InChI is InChI=1S/C19H32N4/c1-4-21-9-11-23(12-10-21)19-15-20-14-16-13-17(7-8-18(16)19)22(5-2)6-3/h7-8,13,19-20H,4-6,9-12,14-15H2,1-3H3/p+3/t19-/m1/s1. The fraction of sp³-hybridized carbons (Fsp3) is 0.684. The van der Waals surface area contributed by atoms with Gasteiger partial charge in [0.25, 0.3) is 0 Å². The zero-order valence-electron chi connectivity index (χ0n) is 15.2. The Morgan fingerprint density at radius 2 is 1.83 bits per heavy atom. The quantitative estimate of drug-likeness (QED) is 0.603. The summed E-state index contributed by atoms with van der Waals surface area (Å²) in [6, 6.07) is 7.95. The van der Waals surface area contributed by atoms with E-state index in [1.165, 1.54) is 45.0 Å². The van der Waals surface area contributed by atoms with Crippen molar-refractivity contribution in [1.29, 1.82) is 0 Å². The summed E-state index contributed by atoms with van der Waals surface area (Å²) in [4.78, 5) is 6.06. The van der Waals surface area contributed by atoms with Crippen molar-refractivity contribution in [3.63, 3.8) is 0 Å². The Hall–Kier alpha value is -1.10. The van der Waals surface area contributed by atoms with Gasteiger partial charge >= 0.3 is 0 Å². The van der Waals surface area contributed by atoms with Gasteiger partial charge < -0.3 is 20.0 Å². The first-order valence-corrected chi connectivity index (χ1v) is 9.64. The molecular formula is C19H35N4+3. The van der Waals surface area contributed by atoms with Crippen LogP contribution in [0.1, 0.15) is 37.9 Å². The normalized spacial score (nSPS) is 27.5. The van der Waals surface area contributed by atoms with Gasteiger partial charge in [-0.15, -0.1) is 0 Å².